The van der Waals surface area contributed by atoms with Crippen LogP contribution in [-0.2, 0) is 9.47 Å². The van der Waals surface area contributed by atoms with Crippen LogP contribution in [0.5, 0.6) is 0 Å². The van der Waals surface area contributed by atoms with E-state index in [2.05, 4.69) is 15.0 Å². The molecule has 9 nitrogen and oxygen atoms in total. The lowest BCUT2D eigenvalue weighted by atomic mass is 10.0. The third-order valence-electron chi connectivity index (χ3n) is 3.94. The van der Waals surface area contributed by atoms with Crippen LogP contribution in [0.25, 0.3) is 11.2 Å². The smallest absolute Gasteiger partial charge is 0.167 e. The number of aliphatic hydroxyl groups excluding tert-OH is 2. The maximum atomic E-state index is 10.2. The predicted octanol–water partition coefficient (Wildman–Crippen LogP) is -1.57. The minimum Gasteiger partial charge on any atom is -0.393 e. The zero-order chi connectivity index (χ0) is 13.9. The van der Waals surface area contributed by atoms with Crippen molar-refractivity contribution in [3.8, 4) is 0 Å². The van der Waals surface area contributed by atoms with E-state index in [9.17, 15) is 10.2 Å². The van der Waals surface area contributed by atoms with Crippen LogP contribution < -0.4 is 5.73 Å². The van der Waals surface area contributed by atoms with Crippen molar-refractivity contribution in [2.45, 2.75) is 24.0 Å². The van der Waals surface area contributed by atoms with Gasteiger partial charge in [-0.1, -0.05) is 0 Å². The van der Waals surface area contributed by atoms with Gasteiger partial charge in [0.2, 0.25) is 0 Å². The molecule has 2 aliphatic rings. The Morgan fingerprint density at radius 2 is 2.30 bits per heavy atom. The van der Waals surface area contributed by atoms with Gasteiger partial charge in [-0.3, -0.25) is 4.57 Å². The van der Waals surface area contributed by atoms with Gasteiger partial charge in [0.05, 0.1) is 19.5 Å². The van der Waals surface area contributed by atoms with Gasteiger partial charge in [-0.2, -0.15) is 0 Å². The fourth-order valence-corrected chi connectivity index (χ4v) is 2.81. The number of fused-ring (bicyclic) bond motifs is 3. The van der Waals surface area contributed by atoms with Crippen molar-refractivity contribution in [2.75, 3.05) is 18.9 Å². The molecule has 0 radical (unpaired) electrons. The van der Waals surface area contributed by atoms with Crippen molar-refractivity contribution in [3.05, 3.63) is 12.7 Å². The fraction of sp³-hybridized carbons (Fsp3) is 0.545. The van der Waals surface area contributed by atoms with E-state index in [1.54, 1.807) is 4.57 Å². The number of nitrogens with two attached hydrogens (primary N) is 1. The number of nitrogens with zero attached hydrogens (tertiary/aromatic N) is 4. The highest BCUT2D eigenvalue weighted by atomic mass is 16.7. The monoisotopic (exact) mass is 279 g/mol. The van der Waals surface area contributed by atoms with Crippen LogP contribution >= 0.6 is 0 Å². The Kier molecular flexibility index (Phi) is 2.31. The van der Waals surface area contributed by atoms with Crippen LogP contribution in [0.1, 0.15) is 6.23 Å². The number of imidazole rings is 1. The van der Waals surface area contributed by atoms with Crippen molar-refractivity contribution >= 4 is 17.0 Å². The Labute approximate surface area is 113 Å². The molecule has 2 fully saturated rings. The van der Waals surface area contributed by atoms with Crippen molar-refractivity contribution in [1.82, 2.24) is 19.5 Å². The first-order chi connectivity index (χ1) is 9.66. The molecule has 0 amide bonds. The molecule has 2 aromatic heterocycles. The topological polar surface area (TPSA) is 129 Å². The van der Waals surface area contributed by atoms with E-state index in [0.717, 1.165) is 0 Å². The molecular weight excluding hydrogens is 266 g/mol. The predicted molar refractivity (Wildman–Crippen MR) is 65.4 cm³/mol. The van der Waals surface area contributed by atoms with Crippen LogP contribution in [0.3, 0.4) is 0 Å². The van der Waals surface area contributed by atoms with E-state index in [1.807, 2.05) is 0 Å². The number of ether oxygens (including phenoxy) is 2. The van der Waals surface area contributed by atoms with Gasteiger partial charge >= 0.3 is 0 Å². The number of rotatable bonds is 2. The Morgan fingerprint density at radius 3 is 3.05 bits per heavy atom. The van der Waals surface area contributed by atoms with Crippen molar-refractivity contribution in [1.29, 1.82) is 0 Å². The lowest BCUT2D eigenvalue weighted by molar-refractivity contribution is -0.185. The molecule has 106 valence electrons. The van der Waals surface area contributed by atoms with E-state index in [4.69, 9.17) is 15.2 Å². The van der Waals surface area contributed by atoms with Gasteiger partial charge in [-0.15, -0.1) is 0 Å². The quantitative estimate of drug-likeness (QED) is 0.601. The number of aliphatic hydroxyl groups is 2. The normalized spacial score (nSPS) is 36.0. The molecule has 4 N–H and O–H groups in total. The van der Waals surface area contributed by atoms with Crippen LogP contribution in [-0.4, -0.2) is 60.8 Å². The Hall–Kier alpha value is -1.81. The molecule has 0 saturated carbocycles. The van der Waals surface area contributed by atoms with Gasteiger partial charge in [0, 0.05) is 0 Å². The minimum atomic E-state index is -1.08. The number of aromatic nitrogens is 4. The summed E-state index contributed by atoms with van der Waals surface area (Å²) in [4.78, 5) is 12.2. The van der Waals surface area contributed by atoms with Gasteiger partial charge in [0.25, 0.3) is 0 Å². The van der Waals surface area contributed by atoms with Crippen LogP contribution in [0.2, 0.25) is 0 Å². The zero-order valence-electron chi connectivity index (χ0n) is 10.4. The number of hydrogen-bond donors (Lipinski definition) is 3. The molecule has 2 bridgehead atoms. The van der Waals surface area contributed by atoms with Gasteiger partial charge in [0.1, 0.15) is 29.7 Å². The summed E-state index contributed by atoms with van der Waals surface area (Å²) >= 11 is 0. The molecular formula is C11H13N5O4. The largest absolute Gasteiger partial charge is 0.393 e. The molecule has 2 aromatic rings. The summed E-state index contributed by atoms with van der Waals surface area (Å²) in [6.45, 7) is -0.152. The molecule has 0 aromatic carbocycles. The highest BCUT2D eigenvalue weighted by molar-refractivity contribution is 5.81. The molecule has 4 heterocycles. The molecule has 2 unspecified atom stereocenters. The SMILES string of the molecule is Nc1ncnc2c1ncn2[C@@H]1O[C@]2(CO)COC1C2O. The summed E-state index contributed by atoms with van der Waals surface area (Å²) in [6, 6.07) is 0. The highest BCUT2D eigenvalue weighted by Gasteiger charge is 2.61. The maximum absolute atomic E-state index is 10.2. The standard InChI is InChI=1S/C11H13N5O4/c12-8-5-9(14-3-13-8)16(4-15-5)10-6-7(18)11(1-17,20-10)2-19-6/h3-4,6-7,10,17-18H,1-2H2,(H2,12,13,14)/t6?,7?,10-,11-/m1/s1. The van der Waals surface area contributed by atoms with Gasteiger partial charge in [-0.05, 0) is 0 Å². The molecule has 0 spiro atoms. The summed E-state index contributed by atoms with van der Waals surface area (Å²) in [5, 5.41) is 19.6. The van der Waals surface area contributed by atoms with Gasteiger partial charge < -0.3 is 25.4 Å². The molecule has 20 heavy (non-hydrogen) atoms. The zero-order valence-corrected chi connectivity index (χ0v) is 10.4. The van der Waals surface area contributed by atoms with E-state index in [1.165, 1.54) is 12.7 Å². The van der Waals surface area contributed by atoms with E-state index < -0.39 is 24.0 Å². The first-order valence-corrected chi connectivity index (χ1v) is 6.18. The van der Waals surface area contributed by atoms with E-state index in [-0.39, 0.29) is 19.0 Å². The number of hydrogen-bond acceptors (Lipinski definition) is 8. The van der Waals surface area contributed by atoms with Gasteiger partial charge in [-0.25, -0.2) is 15.0 Å². The lowest BCUT2D eigenvalue weighted by Crippen LogP contribution is -2.44. The fourth-order valence-electron chi connectivity index (χ4n) is 2.81. The summed E-state index contributed by atoms with van der Waals surface area (Å²) < 4.78 is 13.0. The molecule has 9 heteroatoms. The lowest BCUT2D eigenvalue weighted by Gasteiger charge is -2.29. The molecule has 0 aliphatic carbocycles. The third-order valence-corrected chi connectivity index (χ3v) is 3.94. The summed E-state index contributed by atoms with van der Waals surface area (Å²) in [5.74, 6) is 0.273. The summed E-state index contributed by atoms with van der Waals surface area (Å²) in [5.41, 5.74) is 5.62. The number of nitrogen functional groups attached to an aromatic ring is 1. The molecule has 4 rings (SSSR count). The van der Waals surface area contributed by atoms with Crippen LogP contribution in [0.4, 0.5) is 5.82 Å². The Balaban J connectivity index is 1.80. The average Bonchev–Trinajstić information content (AvgIpc) is 3.10. The van der Waals surface area contributed by atoms with Crippen molar-refractivity contribution < 1.29 is 19.7 Å². The Morgan fingerprint density at radius 1 is 1.45 bits per heavy atom. The molecule has 2 saturated heterocycles. The van der Waals surface area contributed by atoms with Crippen LogP contribution in [0.15, 0.2) is 12.7 Å². The molecule has 4 atom stereocenters. The summed E-state index contributed by atoms with van der Waals surface area (Å²) in [6.07, 6.45) is 0.778. The van der Waals surface area contributed by atoms with E-state index in [0.29, 0.717) is 11.2 Å². The first-order valence-electron chi connectivity index (χ1n) is 6.18. The second kappa shape index (κ2) is 3.85. The van der Waals surface area contributed by atoms with Crippen LogP contribution in [0, 0.1) is 0 Å². The Bertz CT molecular complexity index is 676. The second-order valence-corrected chi connectivity index (χ2v) is 5.03. The number of anilines is 1. The van der Waals surface area contributed by atoms with Crippen molar-refractivity contribution in [3.63, 3.8) is 0 Å². The maximum Gasteiger partial charge on any atom is 0.167 e. The third kappa shape index (κ3) is 1.32. The van der Waals surface area contributed by atoms with E-state index >= 15 is 0 Å². The second-order valence-electron chi connectivity index (χ2n) is 5.03. The average molecular weight is 279 g/mol. The first kappa shape index (κ1) is 12.0. The summed E-state index contributed by atoms with van der Waals surface area (Å²) in [7, 11) is 0. The van der Waals surface area contributed by atoms with Crippen molar-refractivity contribution in [2.24, 2.45) is 0 Å². The molecule has 2 aliphatic heterocycles. The minimum absolute atomic E-state index is 0.162. The highest BCUT2D eigenvalue weighted by Crippen LogP contribution is 2.45. The van der Waals surface area contributed by atoms with Gasteiger partial charge in [0.15, 0.2) is 17.7 Å².